The van der Waals surface area contributed by atoms with Gasteiger partial charge in [0.05, 0.1) is 11.4 Å². The van der Waals surface area contributed by atoms with Gasteiger partial charge in [0.1, 0.15) is 0 Å². The fraction of sp³-hybridized carbons (Fsp3) is 0. The summed E-state index contributed by atoms with van der Waals surface area (Å²) in [6.45, 7) is 0. The van der Waals surface area contributed by atoms with E-state index in [4.69, 9.17) is 0 Å². The van der Waals surface area contributed by atoms with Crippen molar-refractivity contribution in [3.8, 4) is 33.8 Å². The van der Waals surface area contributed by atoms with Crippen LogP contribution in [0.1, 0.15) is 0 Å². The first-order chi connectivity index (χ1) is 11.4. The highest BCUT2D eigenvalue weighted by Gasteiger charge is 2.13. The number of nitrogens with one attached hydrogen (secondary N) is 1. The van der Waals surface area contributed by atoms with E-state index >= 15 is 0 Å². The molecule has 2 nitrogen and oxygen atoms in total. The molecule has 0 amide bonds. The average molecular weight is 296 g/mol. The molecule has 0 aliphatic rings. The van der Waals surface area contributed by atoms with Crippen molar-refractivity contribution in [3.05, 3.63) is 91.1 Å². The predicted octanol–water partition coefficient (Wildman–Crippen LogP) is 5.41. The maximum atomic E-state index is 4.51. The molecular formula is C21H16N2. The van der Waals surface area contributed by atoms with E-state index in [2.05, 4.69) is 64.6 Å². The lowest BCUT2D eigenvalue weighted by Crippen LogP contribution is -1.85. The molecule has 4 rings (SSSR count). The Morgan fingerprint density at radius 3 is 1.96 bits per heavy atom. The number of pyridine rings is 1. The van der Waals surface area contributed by atoms with E-state index in [0.717, 1.165) is 17.1 Å². The summed E-state index contributed by atoms with van der Waals surface area (Å²) in [5.74, 6) is 0. The first-order valence-corrected chi connectivity index (χ1v) is 7.67. The summed E-state index contributed by atoms with van der Waals surface area (Å²) < 4.78 is 0. The molecule has 0 spiro atoms. The van der Waals surface area contributed by atoms with Gasteiger partial charge >= 0.3 is 0 Å². The minimum atomic E-state index is 0.952. The molecule has 0 aliphatic heterocycles. The molecule has 0 bridgehead atoms. The highest BCUT2D eigenvalue weighted by molar-refractivity contribution is 5.84. The average Bonchev–Trinajstić information content (AvgIpc) is 3.09. The molecule has 4 aromatic rings. The van der Waals surface area contributed by atoms with Gasteiger partial charge < -0.3 is 4.98 Å². The highest BCUT2D eigenvalue weighted by Crippen LogP contribution is 2.34. The van der Waals surface area contributed by atoms with E-state index in [1.54, 1.807) is 0 Å². The Hall–Kier alpha value is -3.13. The van der Waals surface area contributed by atoms with Crippen LogP contribution in [0.5, 0.6) is 0 Å². The predicted molar refractivity (Wildman–Crippen MR) is 94.9 cm³/mol. The van der Waals surface area contributed by atoms with Crippen LogP contribution in [0.15, 0.2) is 91.1 Å². The van der Waals surface area contributed by atoms with E-state index in [0.29, 0.717) is 0 Å². The fourth-order valence-corrected chi connectivity index (χ4v) is 2.79. The van der Waals surface area contributed by atoms with Gasteiger partial charge in [-0.3, -0.25) is 4.98 Å². The molecule has 0 radical (unpaired) electrons. The van der Waals surface area contributed by atoms with Crippen LogP contribution in [0.3, 0.4) is 0 Å². The van der Waals surface area contributed by atoms with Gasteiger partial charge in [-0.2, -0.15) is 0 Å². The van der Waals surface area contributed by atoms with Crippen LogP contribution in [0.2, 0.25) is 0 Å². The lowest BCUT2D eigenvalue weighted by molar-refractivity contribution is 1.28. The highest BCUT2D eigenvalue weighted by atomic mass is 14.8. The van der Waals surface area contributed by atoms with Crippen LogP contribution in [0.4, 0.5) is 0 Å². The smallest absolute Gasteiger partial charge is 0.0870 e. The van der Waals surface area contributed by atoms with Gasteiger partial charge in [0, 0.05) is 17.5 Å². The Bertz CT molecular complexity index is 838. The lowest BCUT2D eigenvalue weighted by Gasteiger charge is -2.03. The molecule has 1 N–H and O–H groups in total. The van der Waals surface area contributed by atoms with Crippen molar-refractivity contribution >= 4 is 0 Å². The molecule has 0 saturated heterocycles. The van der Waals surface area contributed by atoms with Crippen LogP contribution in [0.25, 0.3) is 33.8 Å². The summed E-state index contributed by atoms with van der Waals surface area (Å²) in [6.07, 6.45) is 1.83. The zero-order valence-electron chi connectivity index (χ0n) is 12.6. The second-order valence-electron chi connectivity index (χ2n) is 5.42. The van der Waals surface area contributed by atoms with Crippen LogP contribution < -0.4 is 0 Å². The zero-order valence-corrected chi connectivity index (χ0v) is 12.6. The Morgan fingerprint density at radius 1 is 0.652 bits per heavy atom. The Labute approximate surface area is 135 Å². The molecule has 2 aromatic heterocycles. The molecule has 0 fully saturated rings. The first kappa shape index (κ1) is 13.5. The van der Waals surface area contributed by atoms with Crippen molar-refractivity contribution in [3.63, 3.8) is 0 Å². The van der Waals surface area contributed by atoms with E-state index in [1.807, 2.05) is 36.5 Å². The van der Waals surface area contributed by atoms with Gasteiger partial charge in [-0.25, -0.2) is 0 Å². The zero-order chi connectivity index (χ0) is 15.5. The topological polar surface area (TPSA) is 28.7 Å². The number of rotatable bonds is 3. The summed E-state index contributed by atoms with van der Waals surface area (Å²) in [6, 6.07) is 29.0. The number of H-pyrrole nitrogens is 1. The minimum absolute atomic E-state index is 0.952. The van der Waals surface area contributed by atoms with Crippen LogP contribution >= 0.6 is 0 Å². The quantitative estimate of drug-likeness (QED) is 0.538. The fourth-order valence-electron chi connectivity index (χ4n) is 2.79. The van der Waals surface area contributed by atoms with E-state index in [-0.39, 0.29) is 0 Å². The normalized spacial score (nSPS) is 10.6. The summed E-state index contributed by atoms with van der Waals surface area (Å²) in [5.41, 5.74) is 6.64. The maximum absolute atomic E-state index is 4.51. The van der Waals surface area contributed by atoms with Crippen LogP contribution in [-0.2, 0) is 0 Å². The van der Waals surface area contributed by atoms with E-state index in [9.17, 15) is 0 Å². The Kier molecular flexibility index (Phi) is 3.49. The van der Waals surface area contributed by atoms with Crippen LogP contribution in [0, 0.1) is 0 Å². The number of benzene rings is 2. The third kappa shape index (κ3) is 2.67. The number of aromatic nitrogens is 2. The van der Waals surface area contributed by atoms with Gasteiger partial charge in [-0.05, 0) is 29.3 Å². The number of hydrogen-bond donors (Lipinski definition) is 1. The molecule has 23 heavy (non-hydrogen) atoms. The molecule has 110 valence electrons. The molecule has 2 heteroatoms. The van der Waals surface area contributed by atoms with Crippen LogP contribution in [-0.4, -0.2) is 9.97 Å². The first-order valence-electron chi connectivity index (χ1n) is 7.67. The molecule has 0 aliphatic carbocycles. The second kappa shape index (κ2) is 5.93. The van der Waals surface area contributed by atoms with Crippen molar-refractivity contribution in [1.29, 1.82) is 0 Å². The number of aromatic amines is 1. The molecular weight excluding hydrogens is 280 g/mol. The number of nitrogens with zero attached hydrogens (tertiary/aromatic N) is 1. The molecule has 0 unspecified atom stereocenters. The Morgan fingerprint density at radius 2 is 1.30 bits per heavy atom. The van der Waals surface area contributed by atoms with Crippen molar-refractivity contribution in [2.75, 3.05) is 0 Å². The summed E-state index contributed by atoms with van der Waals surface area (Å²) in [5, 5.41) is 0. The SMILES string of the molecule is c1ccc(-c2cc(-c3ccccc3)c(-c3ccccn3)[nH]2)cc1. The van der Waals surface area contributed by atoms with Crippen molar-refractivity contribution in [2.24, 2.45) is 0 Å². The summed E-state index contributed by atoms with van der Waals surface area (Å²) in [4.78, 5) is 8.06. The van der Waals surface area contributed by atoms with Gasteiger partial charge in [-0.15, -0.1) is 0 Å². The van der Waals surface area contributed by atoms with E-state index < -0.39 is 0 Å². The standard InChI is InChI=1S/C21H16N2/c1-3-9-16(10-4-1)18-15-20(17-11-5-2-6-12-17)23-21(18)19-13-7-8-14-22-19/h1-15,23H. The van der Waals surface area contributed by atoms with Crippen molar-refractivity contribution in [2.45, 2.75) is 0 Å². The largest absolute Gasteiger partial charge is 0.353 e. The minimum Gasteiger partial charge on any atom is -0.353 e. The third-order valence-corrected chi connectivity index (χ3v) is 3.91. The molecule has 0 atom stereocenters. The van der Waals surface area contributed by atoms with Crippen molar-refractivity contribution < 1.29 is 0 Å². The second-order valence-corrected chi connectivity index (χ2v) is 5.42. The van der Waals surface area contributed by atoms with Crippen molar-refractivity contribution in [1.82, 2.24) is 9.97 Å². The molecule has 0 saturated carbocycles. The monoisotopic (exact) mass is 296 g/mol. The summed E-state index contributed by atoms with van der Waals surface area (Å²) >= 11 is 0. The Balaban J connectivity index is 1.91. The molecule has 2 aromatic carbocycles. The van der Waals surface area contributed by atoms with Gasteiger partial charge in [0.2, 0.25) is 0 Å². The van der Waals surface area contributed by atoms with Gasteiger partial charge in [0.15, 0.2) is 0 Å². The number of hydrogen-bond acceptors (Lipinski definition) is 1. The summed E-state index contributed by atoms with van der Waals surface area (Å²) in [7, 11) is 0. The lowest BCUT2D eigenvalue weighted by atomic mass is 10.0. The molecule has 2 heterocycles. The third-order valence-electron chi connectivity index (χ3n) is 3.91. The maximum Gasteiger partial charge on any atom is 0.0870 e. The van der Waals surface area contributed by atoms with E-state index in [1.165, 1.54) is 16.7 Å². The van der Waals surface area contributed by atoms with Gasteiger partial charge in [-0.1, -0.05) is 66.7 Å². The van der Waals surface area contributed by atoms with Gasteiger partial charge in [0.25, 0.3) is 0 Å².